The molecule has 2 atom stereocenters. The van der Waals surface area contributed by atoms with Gasteiger partial charge in [0.15, 0.2) is 0 Å². The van der Waals surface area contributed by atoms with Crippen molar-refractivity contribution in [3.05, 3.63) is 24.3 Å². The summed E-state index contributed by atoms with van der Waals surface area (Å²) in [6, 6.07) is -0.541. The van der Waals surface area contributed by atoms with Crippen LogP contribution >= 0.6 is 0 Å². The van der Waals surface area contributed by atoms with Gasteiger partial charge in [-0.3, -0.25) is 9.59 Å². The first-order valence-corrected chi connectivity index (χ1v) is 42.1. The fourth-order valence-corrected chi connectivity index (χ4v) is 13.6. The molecule has 0 aromatic carbocycles. The van der Waals surface area contributed by atoms with Crippen LogP contribution < -0.4 is 5.32 Å². The van der Waals surface area contributed by atoms with E-state index in [2.05, 4.69) is 43.5 Å². The normalized spacial score (nSPS) is 12.5. The number of ether oxygens (including phenoxy) is 1. The molecule has 0 bridgehead atoms. The van der Waals surface area contributed by atoms with E-state index < -0.39 is 12.1 Å². The maximum absolute atomic E-state index is 12.6. The maximum Gasteiger partial charge on any atom is 0.305 e. The molecule has 0 aliphatic rings. The molecule has 91 heavy (non-hydrogen) atoms. The Labute approximate surface area is 571 Å². The minimum absolute atomic E-state index is 0.0209. The Morgan fingerprint density at radius 2 is 0.549 bits per heavy atom. The Morgan fingerprint density at radius 3 is 0.835 bits per heavy atom. The lowest BCUT2D eigenvalue weighted by Gasteiger charge is -2.22. The van der Waals surface area contributed by atoms with E-state index in [0.717, 1.165) is 44.9 Å². The summed E-state index contributed by atoms with van der Waals surface area (Å²) < 4.78 is 5.50. The molecule has 0 aliphatic heterocycles. The highest BCUT2D eigenvalue weighted by Crippen LogP contribution is 2.21. The fraction of sp³-hybridized carbons (Fsp3) is 0.929. The molecule has 0 aromatic heterocycles. The molecule has 1 amide bonds. The highest BCUT2D eigenvalue weighted by molar-refractivity contribution is 5.76. The zero-order valence-corrected chi connectivity index (χ0v) is 62.1. The van der Waals surface area contributed by atoms with Crippen molar-refractivity contribution in [1.82, 2.24) is 5.32 Å². The molecular weight excluding hydrogens is 1110 g/mol. The van der Waals surface area contributed by atoms with E-state index in [0.29, 0.717) is 25.9 Å². The predicted molar refractivity (Wildman–Crippen MR) is 403 cm³/mol. The van der Waals surface area contributed by atoms with Gasteiger partial charge >= 0.3 is 5.97 Å². The molecule has 0 radical (unpaired) electrons. The van der Waals surface area contributed by atoms with Gasteiger partial charge in [0.1, 0.15) is 0 Å². The number of nitrogens with one attached hydrogen (secondary N) is 1. The summed E-state index contributed by atoms with van der Waals surface area (Å²) >= 11 is 0. The van der Waals surface area contributed by atoms with Crippen LogP contribution in [0.15, 0.2) is 24.3 Å². The van der Waals surface area contributed by atoms with Crippen LogP contribution in [0.4, 0.5) is 0 Å². The van der Waals surface area contributed by atoms with Crippen molar-refractivity contribution in [2.75, 3.05) is 13.2 Å². The van der Waals surface area contributed by atoms with Gasteiger partial charge in [0, 0.05) is 12.8 Å². The fourth-order valence-electron chi connectivity index (χ4n) is 13.6. The molecule has 540 valence electrons. The second-order valence-corrected chi connectivity index (χ2v) is 29.2. The van der Waals surface area contributed by atoms with Crippen molar-refractivity contribution in [3.8, 4) is 0 Å². The number of carbonyl (C=O) groups is 2. The first-order valence-electron chi connectivity index (χ1n) is 42.1. The first-order chi connectivity index (χ1) is 45.0. The van der Waals surface area contributed by atoms with Crippen LogP contribution in [0.1, 0.15) is 483 Å². The largest absolute Gasteiger partial charge is 0.466 e. The lowest BCUT2D eigenvalue weighted by atomic mass is 10.0. The van der Waals surface area contributed by atoms with Crippen LogP contribution in [0.3, 0.4) is 0 Å². The number of unbranched alkanes of at least 4 members (excludes halogenated alkanes) is 65. The average molecular weight is 1280 g/mol. The predicted octanol–water partition coefficient (Wildman–Crippen LogP) is 28.0. The molecule has 6 heteroatoms. The van der Waals surface area contributed by atoms with E-state index in [1.165, 1.54) is 405 Å². The molecule has 0 rings (SSSR count). The van der Waals surface area contributed by atoms with E-state index in [-0.39, 0.29) is 18.5 Å². The van der Waals surface area contributed by atoms with Gasteiger partial charge in [-0.25, -0.2) is 0 Å². The summed E-state index contributed by atoms with van der Waals surface area (Å²) in [5.74, 6) is -0.00564. The van der Waals surface area contributed by atoms with Gasteiger partial charge in [-0.05, 0) is 57.8 Å². The number of allylic oxidation sites excluding steroid dienone is 4. The minimum Gasteiger partial charge on any atom is -0.466 e. The number of hydrogen-bond donors (Lipinski definition) is 3. The van der Waals surface area contributed by atoms with Crippen LogP contribution in [0.5, 0.6) is 0 Å². The van der Waals surface area contributed by atoms with Crippen molar-refractivity contribution in [3.63, 3.8) is 0 Å². The topological polar surface area (TPSA) is 95.9 Å². The maximum atomic E-state index is 12.6. The van der Waals surface area contributed by atoms with Crippen molar-refractivity contribution in [2.24, 2.45) is 0 Å². The van der Waals surface area contributed by atoms with E-state index in [9.17, 15) is 19.8 Å². The summed E-state index contributed by atoms with van der Waals surface area (Å²) in [6.45, 7) is 5.01. The van der Waals surface area contributed by atoms with Gasteiger partial charge in [-0.15, -0.1) is 0 Å². The van der Waals surface area contributed by atoms with Gasteiger partial charge < -0.3 is 20.3 Å². The number of esters is 1. The van der Waals surface area contributed by atoms with Crippen LogP contribution in [-0.2, 0) is 14.3 Å². The molecule has 0 aliphatic carbocycles. The highest BCUT2D eigenvalue weighted by atomic mass is 16.5. The number of aliphatic hydroxyl groups excluding tert-OH is 2. The zero-order valence-electron chi connectivity index (χ0n) is 62.1. The zero-order chi connectivity index (χ0) is 65.6. The molecule has 0 aromatic rings. The number of rotatable bonds is 80. The number of hydrogen-bond acceptors (Lipinski definition) is 5. The van der Waals surface area contributed by atoms with Gasteiger partial charge in [0.2, 0.25) is 5.91 Å². The molecule has 0 saturated carbocycles. The monoisotopic (exact) mass is 1280 g/mol. The van der Waals surface area contributed by atoms with Crippen LogP contribution in [0.25, 0.3) is 0 Å². The van der Waals surface area contributed by atoms with Gasteiger partial charge in [-0.2, -0.15) is 0 Å². The Morgan fingerprint density at radius 1 is 0.308 bits per heavy atom. The van der Waals surface area contributed by atoms with E-state index in [1.807, 2.05) is 0 Å². The molecule has 2 unspecified atom stereocenters. The lowest BCUT2D eigenvalue weighted by Crippen LogP contribution is -2.45. The number of aliphatic hydroxyl groups is 2. The summed E-state index contributed by atoms with van der Waals surface area (Å²) in [5.41, 5.74) is 0. The summed E-state index contributed by atoms with van der Waals surface area (Å²) in [4.78, 5) is 24.7. The number of amides is 1. The van der Waals surface area contributed by atoms with Crippen LogP contribution in [0.2, 0.25) is 0 Å². The summed E-state index contributed by atoms with van der Waals surface area (Å²) in [7, 11) is 0. The molecule has 3 N–H and O–H groups in total. The van der Waals surface area contributed by atoms with Crippen molar-refractivity contribution in [1.29, 1.82) is 0 Å². The Balaban J connectivity index is 3.36. The van der Waals surface area contributed by atoms with E-state index >= 15 is 0 Å². The third-order valence-corrected chi connectivity index (χ3v) is 20.0. The van der Waals surface area contributed by atoms with Crippen molar-refractivity contribution < 1.29 is 24.5 Å². The van der Waals surface area contributed by atoms with E-state index in [1.54, 1.807) is 0 Å². The molecule has 6 nitrogen and oxygen atoms in total. The minimum atomic E-state index is -0.664. The summed E-state index contributed by atoms with van der Waals surface area (Å²) in [5, 5.41) is 23.5. The van der Waals surface area contributed by atoms with Crippen molar-refractivity contribution >= 4 is 11.9 Å². The molecular formula is C85H165NO5. The quantitative estimate of drug-likeness (QED) is 0.0320. The molecule has 0 fully saturated rings. The Bertz CT molecular complexity index is 1430. The third kappa shape index (κ3) is 77.2. The average Bonchev–Trinajstić information content (AvgIpc) is 3.67. The van der Waals surface area contributed by atoms with Gasteiger partial charge in [0.25, 0.3) is 0 Å². The lowest BCUT2D eigenvalue weighted by molar-refractivity contribution is -0.143. The van der Waals surface area contributed by atoms with Gasteiger partial charge in [0.05, 0.1) is 25.4 Å². The highest BCUT2D eigenvalue weighted by Gasteiger charge is 2.20. The second kappa shape index (κ2) is 80.8. The molecule has 0 spiro atoms. The first kappa shape index (κ1) is 89.3. The van der Waals surface area contributed by atoms with Crippen LogP contribution in [0, 0.1) is 0 Å². The third-order valence-electron chi connectivity index (χ3n) is 20.0. The molecule has 0 saturated heterocycles. The Hall–Kier alpha value is -1.66. The number of carbonyl (C=O) groups excluding carboxylic acids is 2. The summed E-state index contributed by atoms with van der Waals surface area (Å²) in [6.07, 6.45) is 104. The van der Waals surface area contributed by atoms with E-state index in [4.69, 9.17) is 4.74 Å². The SMILES string of the molecule is CCCCCCCCCCCCCCCCCCCCCCCCCCC(O)C(CO)NC(=O)CCCCCCCCCCCCCCCCCCC/C=C\C/C=C\CCCCCCCCCCCCCOC(=O)CCCCCCCCCCCCCCCCC. The van der Waals surface area contributed by atoms with Crippen molar-refractivity contribution in [2.45, 2.75) is 495 Å². The van der Waals surface area contributed by atoms with Gasteiger partial charge in [-0.1, -0.05) is 436 Å². The second-order valence-electron chi connectivity index (χ2n) is 29.2. The smallest absolute Gasteiger partial charge is 0.305 e. The Kier molecular flexibility index (Phi) is 79.3. The molecule has 0 heterocycles. The standard InChI is InChI=1S/C85H165NO5/c1-3-5-7-9-11-13-15-17-19-20-21-22-23-37-40-43-46-50-53-57-61-65-69-73-77-83(88)82(81-87)86-84(89)78-74-70-66-62-58-54-51-47-44-41-38-35-33-31-29-27-25-24-26-28-30-32-34-36-39-42-45-48-52-56-60-64-68-72-76-80-91-85(90)79-75-71-67-63-59-55-49-18-16-14-12-10-8-6-4-2/h26,28,32,34,82-83,87-88H,3-25,27,29-31,33,35-81H2,1-2H3,(H,86,89)/b28-26-,34-32-. The van der Waals surface area contributed by atoms with Crippen LogP contribution in [-0.4, -0.2) is 47.4 Å².